The molecule has 130 valence electrons. The van der Waals surface area contributed by atoms with E-state index in [1.54, 1.807) is 12.1 Å². The van der Waals surface area contributed by atoms with Crippen LogP contribution in [0.25, 0.3) is 0 Å². The zero-order valence-corrected chi connectivity index (χ0v) is 15.5. The molecule has 1 amide bonds. The van der Waals surface area contributed by atoms with Crippen LogP contribution < -0.4 is 10.5 Å². The van der Waals surface area contributed by atoms with Crippen molar-refractivity contribution in [1.82, 2.24) is 4.98 Å². The Morgan fingerprint density at radius 1 is 1.25 bits per heavy atom. The van der Waals surface area contributed by atoms with Crippen LogP contribution in [0.15, 0.2) is 34.5 Å². The maximum absolute atomic E-state index is 12.0. The van der Waals surface area contributed by atoms with Crippen molar-refractivity contribution in [3.05, 3.63) is 40.9 Å². The van der Waals surface area contributed by atoms with Crippen LogP contribution >= 0.6 is 11.3 Å². The molecule has 2 aromatic rings. The van der Waals surface area contributed by atoms with E-state index in [-0.39, 0.29) is 16.2 Å². The molecule has 1 heterocycles. The highest BCUT2D eigenvalue weighted by Gasteiger charge is 2.18. The molecular weight excluding hydrogens is 346 g/mol. The lowest BCUT2D eigenvalue weighted by Gasteiger charge is -2.14. The molecule has 2 rings (SSSR count). The van der Waals surface area contributed by atoms with Gasteiger partial charge in [-0.1, -0.05) is 32.9 Å². The first kappa shape index (κ1) is 18.6. The summed E-state index contributed by atoms with van der Waals surface area (Å²) in [6, 6.07) is 6.21. The SMILES string of the molecule is CC(C)(C)c1csc(NC(=O)CCc2ccc(S(N)(=O)=O)cc2)n1. The fourth-order valence-electron chi connectivity index (χ4n) is 1.96. The zero-order chi connectivity index (χ0) is 18.0. The van der Waals surface area contributed by atoms with Gasteiger partial charge in [0.2, 0.25) is 15.9 Å². The Balaban J connectivity index is 1.90. The Morgan fingerprint density at radius 2 is 1.88 bits per heavy atom. The van der Waals surface area contributed by atoms with E-state index < -0.39 is 10.0 Å². The predicted molar refractivity (Wildman–Crippen MR) is 95.6 cm³/mol. The Labute approximate surface area is 146 Å². The maximum atomic E-state index is 12.0. The molecule has 0 aliphatic carbocycles. The highest BCUT2D eigenvalue weighted by atomic mass is 32.2. The molecule has 0 radical (unpaired) electrons. The number of primary sulfonamides is 1. The van der Waals surface area contributed by atoms with Crippen LogP contribution in [0.3, 0.4) is 0 Å². The number of amides is 1. The molecule has 0 aliphatic heterocycles. The van der Waals surface area contributed by atoms with E-state index in [0.717, 1.165) is 11.3 Å². The number of hydrogen-bond acceptors (Lipinski definition) is 5. The number of benzene rings is 1. The summed E-state index contributed by atoms with van der Waals surface area (Å²) in [5, 5.41) is 10.4. The van der Waals surface area contributed by atoms with Crippen molar-refractivity contribution in [2.24, 2.45) is 5.14 Å². The molecule has 3 N–H and O–H groups in total. The number of carbonyl (C=O) groups is 1. The van der Waals surface area contributed by atoms with Crippen LogP contribution in [-0.4, -0.2) is 19.3 Å². The van der Waals surface area contributed by atoms with Crippen molar-refractivity contribution in [3.8, 4) is 0 Å². The molecule has 24 heavy (non-hydrogen) atoms. The average Bonchev–Trinajstić information content (AvgIpc) is 2.93. The fourth-order valence-corrected chi connectivity index (χ4v) is 3.43. The second-order valence-corrected chi connectivity index (χ2v) is 8.94. The van der Waals surface area contributed by atoms with Gasteiger partial charge in [0.1, 0.15) is 0 Å². The smallest absolute Gasteiger partial charge is 0.238 e. The molecule has 0 spiro atoms. The first-order valence-corrected chi connectivity index (χ1v) is 9.86. The van der Waals surface area contributed by atoms with E-state index in [4.69, 9.17) is 5.14 Å². The van der Waals surface area contributed by atoms with Gasteiger partial charge in [0.15, 0.2) is 5.13 Å². The van der Waals surface area contributed by atoms with Crippen molar-refractivity contribution >= 4 is 32.4 Å². The third-order valence-corrected chi connectivity index (χ3v) is 5.10. The standard InChI is InChI=1S/C16H21N3O3S2/c1-16(2,3)13-10-23-15(18-13)19-14(20)9-6-11-4-7-12(8-5-11)24(17,21)22/h4-5,7-8,10H,6,9H2,1-3H3,(H2,17,21,22)(H,18,19,20). The maximum Gasteiger partial charge on any atom is 0.238 e. The summed E-state index contributed by atoms with van der Waals surface area (Å²) >= 11 is 1.41. The van der Waals surface area contributed by atoms with E-state index in [9.17, 15) is 13.2 Å². The van der Waals surface area contributed by atoms with Gasteiger partial charge < -0.3 is 5.32 Å². The van der Waals surface area contributed by atoms with E-state index in [1.807, 2.05) is 5.38 Å². The van der Waals surface area contributed by atoms with Gasteiger partial charge in [0, 0.05) is 17.2 Å². The number of anilines is 1. The minimum atomic E-state index is -3.69. The summed E-state index contributed by atoms with van der Waals surface area (Å²) in [6.45, 7) is 6.20. The first-order chi connectivity index (χ1) is 11.1. The van der Waals surface area contributed by atoms with E-state index in [1.165, 1.54) is 23.5 Å². The number of carbonyl (C=O) groups excluding carboxylic acids is 1. The number of aryl methyl sites for hydroxylation is 1. The minimum Gasteiger partial charge on any atom is -0.302 e. The van der Waals surface area contributed by atoms with Gasteiger partial charge in [-0.2, -0.15) is 0 Å². The summed E-state index contributed by atoms with van der Waals surface area (Å²) in [6.07, 6.45) is 0.799. The number of nitrogens with zero attached hydrogens (tertiary/aromatic N) is 1. The first-order valence-electron chi connectivity index (χ1n) is 7.43. The van der Waals surface area contributed by atoms with Gasteiger partial charge in [-0.25, -0.2) is 18.5 Å². The zero-order valence-electron chi connectivity index (χ0n) is 13.9. The van der Waals surface area contributed by atoms with Gasteiger partial charge in [-0.05, 0) is 24.1 Å². The van der Waals surface area contributed by atoms with Gasteiger partial charge in [-0.15, -0.1) is 11.3 Å². The summed E-state index contributed by atoms with van der Waals surface area (Å²) < 4.78 is 22.4. The summed E-state index contributed by atoms with van der Waals surface area (Å²) in [7, 11) is -3.69. The Kier molecular flexibility index (Phi) is 5.42. The molecule has 8 heteroatoms. The van der Waals surface area contributed by atoms with Crippen LogP contribution in [0.4, 0.5) is 5.13 Å². The monoisotopic (exact) mass is 367 g/mol. The third kappa shape index (κ3) is 5.12. The van der Waals surface area contributed by atoms with Gasteiger partial charge in [0.05, 0.1) is 10.6 Å². The normalized spacial score (nSPS) is 12.2. The third-order valence-electron chi connectivity index (χ3n) is 3.41. The van der Waals surface area contributed by atoms with Crippen molar-refractivity contribution < 1.29 is 13.2 Å². The summed E-state index contributed by atoms with van der Waals surface area (Å²) in [5.74, 6) is -0.125. The topological polar surface area (TPSA) is 102 Å². The molecule has 0 saturated heterocycles. The Morgan fingerprint density at radius 3 is 2.38 bits per heavy atom. The van der Waals surface area contributed by atoms with Gasteiger partial charge in [0.25, 0.3) is 0 Å². The number of nitrogens with one attached hydrogen (secondary N) is 1. The lowest BCUT2D eigenvalue weighted by molar-refractivity contribution is -0.116. The second-order valence-electron chi connectivity index (χ2n) is 6.53. The lowest BCUT2D eigenvalue weighted by atomic mass is 9.93. The van der Waals surface area contributed by atoms with Crippen LogP contribution in [-0.2, 0) is 26.7 Å². The summed E-state index contributed by atoms with van der Waals surface area (Å²) in [4.78, 5) is 16.5. The molecule has 1 aromatic heterocycles. The van der Waals surface area contributed by atoms with E-state index >= 15 is 0 Å². The van der Waals surface area contributed by atoms with Crippen LogP contribution in [0.5, 0.6) is 0 Å². The number of thiazole rings is 1. The fraction of sp³-hybridized carbons (Fsp3) is 0.375. The molecule has 1 aromatic carbocycles. The van der Waals surface area contributed by atoms with E-state index in [0.29, 0.717) is 18.0 Å². The van der Waals surface area contributed by atoms with Crippen molar-refractivity contribution in [3.63, 3.8) is 0 Å². The highest BCUT2D eigenvalue weighted by Crippen LogP contribution is 2.26. The lowest BCUT2D eigenvalue weighted by Crippen LogP contribution is -2.14. The number of aromatic nitrogens is 1. The van der Waals surface area contributed by atoms with Crippen molar-refractivity contribution in [1.29, 1.82) is 0 Å². The van der Waals surface area contributed by atoms with Gasteiger partial charge in [-0.3, -0.25) is 4.79 Å². The molecule has 0 bridgehead atoms. The van der Waals surface area contributed by atoms with Crippen LogP contribution in [0, 0.1) is 0 Å². The van der Waals surface area contributed by atoms with E-state index in [2.05, 4.69) is 31.1 Å². The number of sulfonamides is 1. The molecular formula is C16H21N3O3S2. The predicted octanol–water partition coefficient (Wildman–Crippen LogP) is 2.66. The molecule has 0 atom stereocenters. The largest absolute Gasteiger partial charge is 0.302 e. The van der Waals surface area contributed by atoms with Crippen LogP contribution in [0.1, 0.15) is 38.4 Å². The average molecular weight is 367 g/mol. The molecule has 0 unspecified atom stereocenters. The molecule has 0 fully saturated rings. The van der Waals surface area contributed by atoms with Gasteiger partial charge >= 0.3 is 0 Å². The Bertz CT molecular complexity index is 819. The highest BCUT2D eigenvalue weighted by molar-refractivity contribution is 7.89. The van der Waals surface area contributed by atoms with Crippen molar-refractivity contribution in [2.75, 3.05) is 5.32 Å². The molecule has 0 aliphatic rings. The molecule has 0 saturated carbocycles. The van der Waals surface area contributed by atoms with Crippen LogP contribution in [0.2, 0.25) is 0 Å². The number of nitrogens with two attached hydrogens (primary N) is 1. The second kappa shape index (κ2) is 7.00. The number of hydrogen-bond donors (Lipinski definition) is 2. The number of rotatable bonds is 5. The quantitative estimate of drug-likeness (QED) is 0.848. The summed E-state index contributed by atoms with van der Waals surface area (Å²) in [5.41, 5.74) is 1.76. The van der Waals surface area contributed by atoms with Crippen molar-refractivity contribution in [2.45, 2.75) is 43.9 Å². The Hall–Kier alpha value is -1.77. The molecule has 6 nitrogen and oxygen atoms in total. The minimum absolute atomic E-state index is 0.0510.